The van der Waals surface area contributed by atoms with Crippen LogP contribution in [0.1, 0.15) is 15.9 Å². The summed E-state index contributed by atoms with van der Waals surface area (Å²) in [5.41, 5.74) is 0.971. The third kappa shape index (κ3) is 2.62. The number of pyridine rings is 2. The van der Waals surface area contributed by atoms with E-state index in [4.69, 9.17) is 5.11 Å². The zero-order valence-electron chi connectivity index (χ0n) is 9.12. The van der Waals surface area contributed by atoms with Crippen LogP contribution < -0.4 is 0 Å². The standard InChI is InChI=1S/C12H10N2O2S/c1-8-2-7-14-11(10(8)12(15)16)17-9-3-5-13-6-4-9/h2-7H,1H3,(H,15,16). The first-order chi connectivity index (χ1) is 8.18. The van der Waals surface area contributed by atoms with Gasteiger partial charge in [-0.25, -0.2) is 9.78 Å². The number of carboxylic acids is 1. The summed E-state index contributed by atoms with van der Waals surface area (Å²) in [6, 6.07) is 5.33. The van der Waals surface area contributed by atoms with Gasteiger partial charge in [0.15, 0.2) is 0 Å². The zero-order chi connectivity index (χ0) is 12.3. The van der Waals surface area contributed by atoms with Crippen LogP contribution in [0.4, 0.5) is 0 Å². The van der Waals surface area contributed by atoms with E-state index < -0.39 is 5.97 Å². The molecular formula is C12H10N2O2S. The normalized spacial score (nSPS) is 10.2. The van der Waals surface area contributed by atoms with Crippen molar-refractivity contribution in [1.29, 1.82) is 0 Å². The summed E-state index contributed by atoms with van der Waals surface area (Å²) in [5, 5.41) is 9.66. The smallest absolute Gasteiger partial charge is 0.338 e. The molecule has 0 saturated carbocycles. The van der Waals surface area contributed by atoms with Crippen LogP contribution in [0.3, 0.4) is 0 Å². The number of aromatic nitrogens is 2. The lowest BCUT2D eigenvalue weighted by atomic mass is 10.2. The van der Waals surface area contributed by atoms with Gasteiger partial charge in [-0.05, 0) is 30.7 Å². The van der Waals surface area contributed by atoms with Crippen LogP contribution >= 0.6 is 11.8 Å². The number of nitrogens with zero attached hydrogens (tertiary/aromatic N) is 2. The van der Waals surface area contributed by atoms with Gasteiger partial charge in [0.1, 0.15) is 5.03 Å². The van der Waals surface area contributed by atoms with Gasteiger partial charge in [0.05, 0.1) is 5.56 Å². The molecule has 0 fully saturated rings. The Labute approximate surface area is 103 Å². The molecule has 0 aromatic carbocycles. The fourth-order valence-corrected chi connectivity index (χ4v) is 2.33. The number of rotatable bonds is 3. The second-order valence-corrected chi connectivity index (χ2v) is 4.46. The van der Waals surface area contributed by atoms with Gasteiger partial charge < -0.3 is 5.11 Å². The van der Waals surface area contributed by atoms with Crippen molar-refractivity contribution >= 4 is 17.7 Å². The summed E-state index contributed by atoms with van der Waals surface area (Å²) < 4.78 is 0. The van der Waals surface area contributed by atoms with E-state index in [1.54, 1.807) is 31.6 Å². The molecule has 0 spiro atoms. The highest BCUT2D eigenvalue weighted by Crippen LogP contribution is 2.29. The SMILES string of the molecule is Cc1ccnc(Sc2ccncc2)c1C(=O)O. The maximum Gasteiger partial charge on any atom is 0.338 e. The van der Waals surface area contributed by atoms with Gasteiger partial charge in [0.25, 0.3) is 0 Å². The molecule has 17 heavy (non-hydrogen) atoms. The molecule has 2 heterocycles. The van der Waals surface area contributed by atoms with Crippen molar-refractivity contribution in [3.8, 4) is 0 Å². The fraction of sp³-hybridized carbons (Fsp3) is 0.0833. The van der Waals surface area contributed by atoms with Crippen LogP contribution in [-0.2, 0) is 0 Å². The largest absolute Gasteiger partial charge is 0.478 e. The summed E-state index contributed by atoms with van der Waals surface area (Å²) in [5.74, 6) is -0.952. The molecule has 0 aliphatic heterocycles. The van der Waals surface area contributed by atoms with Crippen molar-refractivity contribution in [1.82, 2.24) is 9.97 Å². The lowest BCUT2D eigenvalue weighted by molar-refractivity contribution is 0.0691. The van der Waals surface area contributed by atoms with Gasteiger partial charge in [-0.2, -0.15) is 0 Å². The number of carbonyl (C=O) groups is 1. The van der Waals surface area contributed by atoms with Crippen LogP contribution in [0.15, 0.2) is 46.7 Å². The molecule has 0 atom stereocenters. The van der Waals surface area contributed by atoms with Crippen LogP contribution in [-0.4, -0.2) is 21.0 Å². The van der Waals surface area contributed by atoms with Crippen LogP contribution in [0, 0.1) is 6.92 Å². The Morgan fingerprint density at radius 3 is 2.59 bits per heavy atom. The summed E-state index contributed by atoms with van der Waals surface area (Å²) >= 11 is 1.32. The number of aryl methyl sites for hydroxylation is 1. The van der Waals surface area contributed by atoms with E-state index in [1.165, 1.54) is 11.8 Å². The Morgan fingerprint density at radius 2 is 1.94 bits per heavy atom. The van der Waals surface area contributed by atoms with Crippen molar-refractivity contribution in [2.45, 2.75) is 16.8 Å². The van der Waals surface area contributed by atoms with E-state index in [0.717, 1.165) is 4.90 Å². The highest BCUT2D eigenvalue weighted by molar-refractivity contribution is 7.99. The molecule has 0 aliphatic rings. The Bertz CT molecular complexity index is 543. The molecule has 2 aromatic heterocycles. The van der Waals surface area contributed by atoms with Crippen molar-refractivity contribution in [3.05, 3.63) is 47.9 Å². The highest BCUT2D eigenvalue weighted by atomic mass is 32.2. The number of hydrogen-bond donors (Lipinski definition) is 1. The second kappa shape index (κ2) is 4.97. The Balaban J connectivity index is 2.40. The van der Waals surface area contributed by atoms with Crippen molar-refractivity contribution in [3.63, 3.8) is 0 Å². The van der Waals surface area contributed by atoms with E-state index >= 15 is 0 Å². The summed E-state index contributed by atoms with van der Waals surface area (Å²) in [7, 11) is 0. The molecule has 2 aromatic rings. The molecule has 0 radical (unpaired) electrons. The van der Waals surface area contributed by atoms with Crippen molar-refractivity contribution in [2.24, 2.45) is 0 Å². The van der Waals surface area contributed by atoms with Gasteiger partial charge >= 0.3 is 5.97 Å². The Morgan fingerprint density at radius 1 is 1.24 bits per heavy atom. The van der Waals surface area contributed by atoms with E-state index in [2.05, 4.69) is 9.97 Å². The van der Waals surface area contributed by atoms with Crippen LogP contribution in [0.2, 0.25) is 0 Å². The minimum atomic E-state index is -0.952. The van der Waals surface area contributed by atoms with E-state index in [-0.39, 0.29) is 5.56 Å². The quantitative estimate of drug-likeness (QED) is 0.902. The summed E-state index contributed by atoms with van der Waals surface area (Å²) in [4.78, 5) is 20.1. The lowest BCUT2D eigenvalue weighted by Gasteiger charge is -2.06. The minimum Gasteiger partial charge on any atom is -0.478 e. The first kappa shape index (κ1) is 11.6. The maximum atomic E-state index is 11.2. The molecule has 86 valence electrons. The van der Waals surface area contributed by atoms with Gasteiger partial charge in [-0.3, -0.25) is 4.98 Å². The van der Waals surface area contributed by atoms with Crippen LogP contribution in [0.5, 0.6) is 0 Å². The number of aromatic carboxylic acids is 1. The molecule has 5 heteroatoms. The van der Waals surface area contributed by atoms with E-state index in [0.29, 0.717) is 10.6 Å². The third-order valence-electron chi connectivity index (χ3n) is 2.20. The first-order valence-electron chi connectivity index (χ1n) is 4.95. The number of hydrogen-bond acceptors (Lipinski definition) is 4. The van der Waals surface area contributed by atoms with Gasteiger partial charge in [0.2, 0.25) is 0 Å². The topological polar surface area (TPSA) is 63.1 Å². The van der Waals surface area contributed by atoms with Crippen LogP contribution in [0.25, 0.3) is 0 Å². The molecule has 0 saturated heterocycles. The maximum absolute atomic E-state index is 11.2. The second-order valence-electron chi connectivity index (χ2n) is 3.40. The molecule has 0 bridgehead atoms. The van der Waals surface area contributed by atoms with Gasteiger partial charge in [-0.15, -0.1) is 0 Å². The number of carboxylic acid groups (broad SMARTS) is 1. The van der Waals surface area contributed by atoms with Gasteiger partial charge in [-0.1, -0.05) is 11.8 Å². The Hall–Kier alpha value is -1.88. The first-order valence-corrected chi connectivity index (χ1v) is 5.77. The average molecular weight is 246 g/mol. The Kier molecular flexibility index (Phi) is 3.39. The zero-order valence-corrected chi connectivity index (χ0v) is 9.94. The lowest BCUT2D eigenvalue weighted by Crippen LogP contribution is -2.03. The average Bonchev–Trinajstić information content (AvgIpc) is 2.30. The molecule has 4 nitrogen and oxygen atoms in total. The molecule has 0 aliphatic carbocycles. The molecule has 0 amide bonds. The summed E-state index contributed by atoms with van der Waals surface area (Å²) in [6.45, 7) is 1.77. The van der Waals surface area contributed by atoms with Gasteiger partial charge in [0, 0.05) is 23.5 Å². The minimum absolute atomic E-state index is 0.259. The molecule has 0 unspecified atom stereocenters. The molecule has 1 N–H and O–H groups in total. The molecular weight excluding hydrogens is 236 g/mol. The monoisotopic (exact) mass is 246 g/mol. The van der Waals surface area contributed by atoms with Crippen molar-refractivity contribution in [2.75, 3.05) is 0 Å². The molecule has 2 rings (SSSR count). The van der Waals surface area contributed by atoms with E-state index in [1.807, 2.05) is 12.1 Å². The predicted octanol–water partition coefficient (Wildman–Crippen LogP) is 2.63. The predicted molar refractivity (Wildman–Crippen MR) is 64.3 cm³/mol. The highest BCUT2D eigenvalue weighted by Gasteiger charge is 2.15. The summed E-state index contributed by atoms with van der Waals surface area (Å²) in [6.07, 6.45) is 4.95. The van der Waals surface area contributed by atoms with E-state index in [9.17, 15) is 4.79 Å². The third-order valence-corrected chi connectivity index (χ3v) is 3.21. The fourth-order valence-electron chi connectivity index (χ4n) is 1.39. The van der Waals surface area contributed by atoms with Crippen molar-refractivity contribution < 1.29 is 9.90 Å².